The van der Waals surface area contributed by atoms with Crippen LogP contribution >= 0.6 is 0 Å². The van der Waals surface area contributed by atoms with Gasteiger partial charge in [-0.25, -0.2) is 0 Å². The molecule has 2 aromatic rings. The second-order valence-corrected chi connectivity index (χ2v) is 6.60. The molecule has 0 aliphatic carbocycles. The summed E-state index contributed by atoms with van der Waals surface area (Å²) in [6.07, 6.45) is 0. The van der Waals surface area contributed by atoms with Crippen LogP contribution in [0.5, 0.6) is 0 Å². The molecule has 0 atom stereocenters. The van der Waals surface area contributed by atoms with E-state index in [-0.39, 0.29) is 17.9 Å². The van der Waals surface area contributed by atoms with Crippen molar-refractivity contribution in [2.45, 2.75) is 33.1 Å². The summed E-state index contributed by atoms with van der Waals surface area (Å²) in [6.45, 7) is 8.81. The number of hydrogen-bond donors (Lipinski definition) is 2. The zero-order valence-corrected chi connectivity index (χ0v) is 13.7. The number of aryl methyl sites for hydroxylation is 1. The minimum atomic E-state index is -0.0505. The van der Waals surface area contributed by atoms with E-state index in [1.54, 1.807) is 0 Å². The molecule has 0 heterocycles. The Kier molecular flexibility index (Phi) is 4.86. The maximum absolute atomic E-state index is 11.9. The first-order valence-electron chi connectivity index (χ1n) is 7.55. The van der Waals surface area contributed by atoms with Crippen molar-refractivity contribution < 1.29 is 4.79 Å². The predicted octanol–water partition coefficient (Wildman–Crippen LogP) is 4.34. The van der Waals surface area contributed by atoms with E-state index in [0.29, 0.717) is 0 Å². The molecule has 1 amide bonds. The summed E-state index contributed by atoms with van der Waals surface area (Å²) >= 11 is 0. The Labute approximate surface area is 132 Å². The maximum atomic E-state index is 11.9. The summed E-state index contributed by atoms with van der Waals surface area (Å²) in [5.41, 5.74) is 4.33. The average Bonchev–Trinajstić information content (AvgIpc) is 2.45. The highest BCUT2D eigenvalue weighted by atomic mass is 16.1. The number of carbonyl (C=O) groups is 1. The van der Waals surface area contributed by atoms with Crippen LogP contribution in [0.2, 0.25) is 0 Å². The largest absolute Gasteiger partial charge is 0.376 e. The number of rotatable bonds is 4. The van der Waals surface area contributed by atoms with Crippen molar-refractivity contribution in [3.8, 4) is 0 Å². The SMILES string of the molecule is Cc1cccc(NC(=O)CNc2ccc(C(C)(C)C)cc2)c1. The summed E-state index contributed by atoms with van der Waals surface area (Å²) in [7, 11) is 0. The van der Waals surface area contributed by atoms with Crippen LogP contribution < -0.4 is 10.6 Å². The number of hydrogen-bond acceptors (Lipinski definition) is 2. The summed E-state index contributed by atoms with van der Waals surface area (Å²) < 4.78 is 0. The van der Waals surface area contributed by atoms with Crippen molar-refractivity contribution in [2.75, 3.05) is 17.2 Å². The fourth-order valence-corrected chi connectivity index (χ4v) is 2.20. The van der Waals surface area contributed by atoms with Gasteiger partial charge >= 0.3 is 0 Å². The van der Waals surface area contributed by atoms with Gasteiger partial charge in [0.2, 0.25) is 5.91 Å². The average molecular weight is 296 g/mol. The number of carbonyl (C=O) groups excluding carboxylic acids is 1. The summed E-state index contributed by atoms with van der Waals surface area (Å²) in [6, 6.07) is 16.0. The van der Waals surface area contributed by atoms with Crippen molar-refractivity contribution in [3.63, 3.8) is 0 Å². The number of anilines is 2. The van der Waals surface area contributed by atoms with E-state index in [4.69, 9.17) is 0 Å². The topological polar surface area (TPSA) is 41.1 Å². The molecule has 0 bridgehead atoms. The zero-order chi connectivity index (χ0) is 16.2. The smallest absolute Gasteiger partial charge is 0.243 e. The van der Waals surface area contributed by atoms with E-state index in [0.717, 1.165) is 16.9 Å². The van der Waals surface area contributed by atoms with Gasteiger partial charge < -0.3 is 10.6 Å². The zero-order valence-electron chi connectivity index (χ0n) is 13.7. The van der Waals surface area contributed by atoms with Crippen LogP contribution in [-0.4, -0.2) is 12.5 Å². The molecule has 2 N–H and O–H groups in total. The molecule has 0 spiro atoms. The Morgan fingerprint density at radius 3 is 2.27 bits per heavy atom. The quantitative estimate of drug-likeness (QED) is 0.881. The molecule has 3 nitrogen and oxygen atoms in total. The first-order valence-corrected chi connectivity index (χ1v) is 7.55. The Bertz CT molecular complexity index is 639. The van der Waals surface area contributed by atoms with E-state index < -0.39 is 0 Å². The van der Waals surface area contributed by atoms with Crippen LogP contribution in [0.15, 0.2) is 48.5 Å². The van der Waals surface area contributed by atoms with E-state index in [1.165, 1.54) is 5.56 Å². The van der Waals surface area contributed by atoms with Crippen molar-refractivity contribution in [1.29, 1.82) is 0 Å². The fourth-order valence-electron chi connectivity index (χ4n) is 2.20. The highest BCUT2D eigenvalue weighted by Gasteiger charge is 2.12. The lowest BCUT2D eigenvalue weighted by Crippen LogP contribution is -2.21. The van der Waals surface area contributed by atoms with Crippen LogP contribution in [-0.2, 0) is 10.2 Å². The fraction of sp³-hybridized carbons (Fsp3) is 0.316. The van der Waals surface area contributed by atoms with Crippen LogP contribution in [0.25, 0.3) is 0 Å². The maximum Gasteiger partial charge on any atom is 0.243 e. The van der Waals surface area contributed by atoms with Gasteiger partial charge in [0, 0.05) is 11.4 Å². The van der Waals surface area contributed by atoms with Gasteiger partial charge in [-0.1, -0.05) is 45.0 Å². The first-order chi connectivity index (χ1) is 10.3. The van der Waals surface area contributed by atoms with Gasteiger partial charge in [0.25, 0.3) is 0 Å². The van der Waals surface area contributed by atoms with Gasteiger partial charge in [-0.2, -0.15) is 0 Å². The molecule has 0 saturated carbocycles. The van der Waals surface area contributed by atoms with Gasteiger partial charge in [-0.3, -0.25) is 4.79 Å². The standard InChI is InChI=1S/C19H24N2O/c1-14-6-5-7-17(12-14)21-18(22)13-20-16-10-8-15(9-11-16)19(2,3)4/h5-12,20H,13H2,1-4H3,(H,21,22). The number of benzene rings is 2. The van der Waals surface area contributed by atoms with Crippen LogP contribution in [0.4, 0.5) is 11.4 Å². The first kappa shape index (κ1) is 16.1. The van der Waals surface area contributed by atoms with Gasteiger partial charge in [0.05, 0.1) is 6.54 Å². The third-order valence-electron chi connectivity index (χ3n) is 3.51. The second kappa shape index (κ2) is 6.65. The van der Waals surface area contributed by atoms with Crippen molar-refractivity contribution >= 4 is 17.3 Å². The Balaban J connectivity index is 1.88. The number of nitrogens with one attached hydrogen (secondary N) is 2. The molecule has 0 saturated heterocycles. The van der Waals surface area contributed by atoms with Crippen LogP contribution in [0.1, 0.15) is 31.9 Å². The highest BCUT2D eigenvalue weighted by molar-refractivity contribution is 5.93. The summed E-state index contributed by atoms with van der Waals surface area (Å²) in [5, 5.41) is 6.03. The van der Waals surface area contributed by atoms with E-state index >= 15 is 0 Å². The van der Waals surface area contributed by atoms with Gasteiger partial charge in [-0.15, -0.1) is 0 Å². The molecule has 2 rings (SSSR count). The molecule has 22 heavy (non-hydrogen) atoms. The molecule has 116 valence electrons. The third kappa shape index (κ3) is 4.62. The van der Waals surface area contributed by atoms with Crippen molar-refractivity contribution in [3.05, 3.63) is 59.7 Å². The van der Waals surface area contributed by atoms with Gasteiger partial charge in [0.15, 0.2) is 0 Å². The molecule has 0 aliphatic heterocycles. The monoisotopic (exact) mass is 296 g/mol. The summed E-state index contributed by atoms with van der Waals surface area (Å²) in [4.78, 5) is 11.9. The van der Waals surface area contributed by atoms with Crippen molar-refractivity contribution in [2.24, 2.45) is 0 Å². The molecule has 3 heteroatoms. The van der Waals surface area contributed by atoms with Crippen LogP contribution in [0.3, 0.4) is 0 Å². The molecule has 0 radical (unpaired) electrons. The molecule has 2 aromatic carbocycles. The Hall–Kier alpha value is -2.29. The molecule has 0 fully saturated rings. The third-order valence-corrected chi connectivity index (χ3v) is 3.51. The lowest BCUT2D eigenvalue weighted by Gasteiger charge is -2.19. The molecular formula is C19H24N2O. The molecule has 0 aromatic heterocycles. The Morgan fingerprint density at radius 1 is 1.00 bits per heavy atom. The summed E-state index contributed by atoms with van der Waals surface area (Å²) in [5.74, 6) is -0.0505. The van der Waals surface area contributed by atoms with Crippen molar-refractivity contribution in [1.82, 2.24) is 0 Å². The van der Waals surface area contributed by atoms with Gasteiger partial charge in [0.1, 0.15) is 0 Å². The molecule has 0 unspecified atom stereocenters. The van der Waals surface area contributed by atoms with E-state index in [9.17, 15) is 4.79 Å². The second-order valence-electron chi connectivity index (χ2n) is 6.60. The van der Waals surface area contributed by atoms with Crippen LogP contribution in [0, 0.1) is 6.92 Å². The molecule has 0 aliphatic rings. The lowest BCUT2D eigenvalue weighted by atomic mass is 9.87. The minimum absolute atomic E-state index is 0.0505. The van der Waals surface area contributed by atoms with Gasteiger partial charge in [-0.05, 0) is 47.7 Å². The molecular weight excluding hydrogens is 272 g/mol. The normalized spacial score (nSPS) is 11.1. The lowest BCUT2D eigenvalue weighted by molar-refractivity contribution is -0.114. The van der Waals surface area contributed by atoms with E-state index in [1.807, 2.05) is 43.3 Å². The van der Waals surface area contributed by atoms with E-state index in [2.05, 4.69) is 43.5 Å². The Morgan fingerprint density at radius 2 is 1.68 bits per heavy atom. The minimum Gasteiger partial charge on any atom is -0.376 e. The highest BCUT2D eigenvalue weighted by Crippen LogP contribution is 2.23. The predicted molar refractivity (Wildman–Crippen MR) is 93.4 cm³/mol. The number of amides is 1.